The van der Waals surface area contributed by atoms with E-state index < -0.39 is 11.8 Å². The van der Waals surface area contributed by atoms with E-state index in [4.69, 9.17) is 16.3 Å². The van der Waals surface area contributed by atoms with Crippen LogP contribution in [0.2, 0.25) is 5.02 Å². The van der Waals surface area contributed by atoms with Gasteiger partial charge in [-0.05, 0) is 73.0 Å². The number of halogens is 1. The van der Waals surface area contributed by atoms with E-state index >= 15 is 0 Å². The summed E-state index contributed by atoms with van der Waals surface area (Å²) in [5, 5.41) is 9.61. The van der Waals surface area contributed by atoms with Gasteiger partial charge in [0.2, 0.25) is 0 Å². The predicted molar refractivity (Wildman–Crippen MR) is 132 cm³/mol. The van der Waals surface area contributed by atoms with Crippen molar-refractivity contribution in [2.45, 2.75) is 13.8 Å². The Morgan fingerprint density at radius 3 is 2.32 bits per heavy atom. The molecule has 0 radical (unpaired) electrons. The van der Waals surface area contributed by atoms with Gasteiger partial charge in [0.15, 0.2) is 6.61 Å². The third-order valence-corrected chi connectivity index (χ3v) is 4.94. The number of carbonyl (C=O) groups is 3. The summed E-state index contributed by atoms with van der Waals surface area (Å²) < 4.78 is 5.49. The molecule has 9 heteroatoms. The molecule has 34 heavy (non-hydrogen) atoms. The van der Waals surface area contributed by atoms with Crippen molar-refractivity contribution >= 4 is 46.9 Å². The van der Waals surface area contributed by atoms with Crippen molar-refractivity contribution < 1.29 is 19.1 Å². The second kappa shape index (κ2) is 11.6. The molecule has 0 saturated heterocycles. The van der Waals surface area contributed by atoms with Gasteiger partial charge in [-0.2, -0.15) is 5.10 Å². The molecule has 3 rings (SSSR count). The lowest BCUT2D eigenvalue weighted by molar-refractivity contribution is -0.136. The van der Waals surface area contributed by atoms with Crippen molar-refractivity contribution in [3.05, 3.63) is 88.4 Å². The van der Waals surface area contributed by atoms with Crippen LogP contribution >= 0.6 is 11.6 Å². The van der Waals surface area contributed by atoms with E-state index in [9.17, 15) is 14.4 Å². The monoisotopic (exact) mass is 478 g/mol. The lowest BCUT2D eigenvalue weighted by Crippen LogP contribution is -2.32. The average Bonchev–Trinajstić information content (AvgIpc) is 2.82. The van der Waals surface area contributed by atoms with Gasteiger partial charge in [-0.15, -0.1) is 0 Å². The number of rotatable bonds is 7. The molecule has 3 N–H and O–H groups in total. The van der Waals surface area contributed by atoms with Crippen LogP contribution < -0.4 is 20.8 Å². The maximum Gasteiger partial charge on any atom is 0.329 e. The maximum absolute atomic E-state index is 12.1. The van der Waals surface area contributed by atoms with Crippen LogP contribution in [-0.2, 0) is 14.4 Å². The third-order valence-electron chi connectivity index (χ3n) is 4.70. The Morgan fingerprint density at radius 2 is 1.59 bits per heavy atom. The number of hydrogen-bond acceptors (Lipinski definition) is 5. The largest absolute Gasteiger partial charge is 0.484 e. The fourth-order valence-corrected chi connectivity index (χ4v) is 2.99. The van der Waals surface area contributed by atoms with Gasteiger partial charge >= 0.3 is 11.8 Å². The van der Waals surface area contributed by atoms with Gasteiger partial charge in [0.1, 0.15) is 5.75 Å². The Morgan fingerprint density at radius 1 is 0.882 bits per heavy atom. The first-order valence-electron chi connectivity index (χ1n) is 10.3. The van der Waals surface area contributed by atoms with Gasteiger partial charge in [-0.3, -0.25) is 14.4 Å². The van der Waals surface area contributed by atoms with Crippen LogP contribution in [0.3, 0.4) is 0 Å². The van der Waals surface area contributed by atoms with Crippen LogP contribution in [0, 0.1) is 13.8 Å². The van der Waals surface area contributed by atoms with E-state index in [0.717, 1.165) is 11.1 Å². The van der Waals surface area contributed by atoms with Crippen molar-refractivity contribution in [2.24, 2.45) is 5.10 Å². The first kappa shape index (κ1) is 24.5. The minimum Gasteiger partial charge on any atom is -0.484 e. The Balaban J connectivity index is 1.45. The fourth-order valence-electron chi connectivity index (χ4n) is 2.82. The van der Waals surface area contributed by atoms with E-state index in [1.807, 2.05) is 32.0 Å². The normalized spacial score (nSPS) is 10.6. The van der Waals surface area contributed by atoms with Crippen LogP contribution in [0.5, 0.6) is 5.75 Å². The fraction of sp³-hybridized carbons (Fsp3) is 0.120. The van der Waals surface area contributed by atoms with Gasteiger partial charge in [0.05, 0.1) is 6.21 Å². The highest BCUT2D eigenvalue weighted by Gasteiger charge is 2.13. The number of amides is 3. The maximum atomic E-state index is 12.1. The van der Waals surface area contributed by atoms with Crippen LogP contribution in [0.25, 0.3) is 0 Å². The number of carbonyl (C=O) groups excluding carboxylic acids is 3. The molecule has 0 aliphatic heterocycles. The molecule has 0 saturated carbocycles. The molecule has 0 aliphatic rings. The molecular weight excluding hydrogens is 456 g/mol. The molecule has 0 bridgehead atoms. The van der Waals surface area contributed by atoms with Crippen molar-refractivity contribution in [1.82, 2.24) is 5.43 Å². The first-order chi connectivity index (χ1) is 16.3. The number of ether oxygens (including phenoxy) is 1. The standard InChI is InChI=1S/C25H23ClN4O4/c1-16-5-3-4-6-21(16)29-24(32)25(33)30-27-14-18-8-11-20(12-9-18)34-15-23(31)28-22-13-19(26)10-7-17(22)2/h3-14H,15H2,1-2H3,(H,28,31)(H,29,32)(H,30,33)/b27-14-. The summed E-state index contributed by atoms with van der Waals surface area (Å²) in [6.45, 7) is 3.52. The van der Waals surface area contributed by atoms with Crippen LogP contribution in [0.4, 0.5) is 11.4 Å². The lowest BCUT2D eigenvalue weighted by atomic mass is 10.2. The molecule has 0 aliphatic carbocycles. The number of aryl methyl sites for hydroxylation is 2. The minimum atomic E-state index is -0.889. The number of nitrogens with zero attached hydrogens (tertiary/aromatic N) is 1. The molecule has 3 amide bonds. The molecule has 3 aromatic rings. The molecule has 0 aromatic heterocycles. The lowest BCUT2D eigenvalue weighted by Gasteiger charge is -2.10. The Bertz CT molecular complexity index is 1230. The van der Waals surface area contributed by atoms with E-state index in [0.29, 0.717) is 27.7 Å². The second-order valence-electron chi connectivity index (χ2n) is 7.33. The van der Waals surface area contributed by atoms with Gasteiger partial charge in [-0.25, -0.2) is 5.43 Å². The SMILES string of the molecule is Cc1ccc(Cl)cc1NC(=O)COc1ccc(/C=N\NC(=O)C(=O)Nc2ccccc2C)cc1. The Labute approximate surface area is 202 Å². The quantitative estimate of drug-likeness (QED) is 0.270. The average molecular weight is 479 g/mol. The highest BCUT2D eigenvalue weighted by Crippen LogP contribution is 2.20. The van der Waals surface area contributed by atoms with E-state index in [1.54, 1.807) is 48.5 Å². The molecule has 0 heterocycles. The summed E-state index contributed by atoms with van der Waals surface area (Å²) >= 11 is 5.96. The van der Waals surface area contributed by atoms with Gasteiger partial charge in [0, 0.05) is 16.4 Å². The number of hydrogen-bond donors (Lipinski definition) is 3. The first-order valence-corrected chi connectivity index (χ1v) is 10.7. The van der Waals surface area contributed by atoms with Crippen LogP contribution in [0.1, 0.15) is 16.7 Å². The van der Waals surface area contributed by atoms with Crippen LogP contribution in [0.15, 0.2) is 71.8 Å². The number of hydrazone groups is 1. The number of benzene rings is 3. The summed E-state index contributed by atoms with van der Waals surface area (Å²) in [6, 6.07) is 19.1. The molecule has 0 fully saturated rings. The molecular formula is C25H23ClN4O4. The molecule has 8 nitrogen and oxygen atoms in total. The van der Waals surface area contributed by atoms with Crippen LogP contribution in [-0.4, -0.2) is 30.5 Å². The number of anilines is 2. The van der Waals surface area contributed by atoms with Crippen molar-refractivity contribution in [3.63, 3.8) is 0 Å². The summed E-state index contributed by atoms with van der Waals surface area (Å²) in [6.07, 6.45) is 1.39. The smallest absolute Gasteiger partial charge is 0.329 e. The van der Waals surface area contributed by atoms with Crippen molar-refractivity contribution in [2.75, 3.05) is 17.2 Å². The highest BCUT2D eigenvalue weighted by atomic mass is 35.5. The van der Waals surface area contributed by atoms with E-state index in [1.165, 1.54) is 6.21 Å². The van der Waals surface area contributed by atoms with E-state index in [2.05, 4.69) is 21.2 Å². The van der Waals surface area contributed by atoms with Gasteiger partial charge in [-0.1, -0.05) is 35.9 Å². The van der Waals surface area contributed by atoms with Gasteiger partial charge < -0.3 is 15.4 Å². The number of para-hydroxylation sites is 1. The zero-order chi connectivity index (χ0) is 24.5. The molecule has 0 atom stereocenters. The minimum absolute atomic E-state index is 0.175. The summed E-state index contributed by atoms with van der Waals surface area (Å²) in [5.41, 5.74) is 5.75. The van der Waals surface area contributed by atoms with E-state index in [-0.39, 0.29) is 12.5 Å². The summed E-state index contributed by atoms with van der Waals surface area (Å²) in [4.78, 5) is 36.0. The van der Waals surface area contributed by atoms with Crippen molar-refractivity contribution in [1.29, 1.82) is 0 Å². The zero-order valence-corrected chi connectivity index (χ0v) is 19.3. The Kier molecular flexibility index (Phi) is 8.37. The Hall–Kier alpha value is -4.17. The highest BCUT2D eigenvalue weighted by molar-refractivity contribution is 6.39. The van der Waals surface area contributed by atoms with Gasteiger partial charge in [0.25, 0.3) is 5.91 Å². The predicted octanol–water partition coefficient (Wildman–Crippen LogP) is 4.06. The van der Waals surface area contributed by atoms with Crippen molar-refractivity contribution in [3.8, 4) is 5.75 Å². The topological polar surface area (TPSA) is 109 Å². The zero-order valence-electron chi connectivity index (χ0n) is 18.6. The molecule has 3 aromatic carbocycles. The summed E-state index contributed by atoms with van der Waals surface area (Å²) in [7, 11) is 0. The summed E-state index contributed by atoms with van der Waals surface area (Å²) in [5.74, 6) is -1.54. The molecule has 0 spiro atoms. The molecule has 174 valence electrons. The third kappa shape index (κ3) is 7.18. The number of nitrogens with one attached hydrogen (secondary N) is 3. The molecule has 0 unspecified atom stereocenters. The second-order valence-corrected chi connectivity index (χ2v) is 7.77.